The third-order valence-electron chi connectivity index (χ3n) is 5.68. The van der Waals surface area contributed by atoms with Gasteiger partial charge in [-0.2, -0.15) is 0 Å². The van der Waals surface area contributed by atoms with E-state index in [2.05, 4.69) is 4.72 Å². The molecule has 0 aromatic heterocycles. The van der Waals surface area contributed by atoms with Crippen LogP contribution in [0.15, 0.2) is 40.1 Å². The Kier molecular flexibility index (Phi) is 10.7. The fourth-order valence-electron chi connectivity index (χ4n) is 3.55. The summed E-state index contributed by atoms with van der Waals surface area (Å²) in [6.07, 6.45) is 2.49. The molecular weight excluding hydrogens is 533 g/mol. The first-order chi connectivity index (χ1) is 17.1. The second kappa shape index (κ2) is 13.3. The van der Waals surface area contributed by atoms with Crippen molar-refractivity contribution >= 4 is 41.2 Å². The Morgan fingerprint density at radius 1 is 1.22 bits per heavy atom. The number of benzene rings is 2. The van der Waals surface area contributed by atoms with Gasteiger partial charge in [-0.3, -0.25) is 9.52 Å². The third kappa shape index (κ3) is 8.21. The van der Waals surface area contributed by atoms with Crippen molar-refractivity contribution in [3.8, 4) is 5.75 Å². The highest BCUT2D eigenvalue weighted by atomic mass is 35.5. The molecule has 1 saturated heterocycles. The molecule has 3 rings (SSSR count). The van der Waals surface area contributed by atoms with Crippen LogP contribution in [0.2, 0.25) is 5.02 Å². The second-order valence-electron chi connectivity index (χ2n) is 9.00. The molecule has 36 heavy (non-hydrogen) atoms. The zero-order valence-electron chi connectivity index (χ0n) is 20.4. The summed E-state index contributed by atoms with van der Waals surface area (Å²) in [4.78, 5) is 15.2. The van der Waals surface area contributed by atoms with E-state index in [4.69, 9.17) is 21.1 Å². The lowest BCUT2D eigenvalue weighted by Crippen LogP contribution is -2.46. The quantitative estimate of drug-likeness (QED) is 0.255. The van der Waals surface area contributed by atoms with Crippen molar-refractivity contribution < 1.29 is 27.4 Å². The van der Waals surface area contributed by atoms with Crippen LogP contribution in [0.25, 0.3) is 0 Å². The van der Waals surface area contributed by atoms with E-state index in [0.29, 0.717) is 36.6 Å². The van der Waals surface area contributed by atoms with Crippen molar-refractivity contribution in [3.05, 3.63) is 52.8 Å². The molecule has 1 heterocycles. The molecule has 11 heteroatoms. The Morgan fingerprint density at radius 2 is 2.00 bits per heavy atom. The predicted molar refractivity (Wildman–Crippen MR) is 138 cm³/mol. The lowest BCUT2D eigenvalue weighted by molar-refractivity contribution is -0.148. The summed E-state index contributed by atoms with van der Waals surface area (Å²) < 4.78 is 56.6. The van der Waals surface area contributed by atoms with Crippen LogP contribution in [0.4, 0.5) is 13.2 Å². The first-order valence-corrected chi connectivity index (χ1v) is 13.7. The van der Waals surface area contributed by atoms with Crippen molar-refractivity contribution in [3.63, 3.8) is 0 Å². The number of thioether (sulfide) groups is 1. The van der Waals surface area contributed by atoms with Gasteiger partial charge >= 0.3 is 0 Å². The maximum absolute atomic E-state index is 15.0. The van der Waals surface area contributed by atoms with Crippen LogP contribution in [0.5, 0.6) is 5.75 Å². The summed E-state index contributed by atoms with van der Waals surface area (Å²) in [5, 5.41) is 0.0553. The minimum Gasteiger partial charge on any atom is -0.485 e. The molecule has 0 spiro atoms. The number of amides is 1. The molecule has 2 unspecified atom stereocenters. The maximum Gasteiger partial charge on any atom is 0.262 e. The van der Waals surface area contributed by atoms with Gasteiger partial charge in [0.1, 0.15) is 23.3 Å². The van der Waals surface area contributed by atoms with Crippen molar-refractivity contribution in [1.29, 1.82) is 0 Å². The van der Waals surface area contributed by atoms with Crippen LogP contribution in [-0.4, -0.2) is 55.5 Å². The Bertz CT molecular complexity index is 1030. The number of nitrogens with one attached hydrogen (secondary N) is 1. The van der Waals surface area contributed by atoms with E-state index >= 15 is 4.39 Å². The highest BCUT2D eigenvalue weighted by molar-refractivity contribution is 7.99. The Balaban J connectivity index is 1.66. The average Bonchev–Trinajstić information content (AvgIpc) is 2.82. The van der Waals surface area contributed by atoms with E-state index in [1.54, 1.807) is 6.92 Å². The fraction of sp³-hybridized carbons (Fsp3) is 0.480. The molecule has 1 aliphatic heterocycles. The van der Waals surface area contributed by atoms with E-state index in [1.165, 1.54) is 24.3 Å². The number of hydrogen-bond donors (Lipinski definition) is 1. The normalized spacial score (nSPS) is 18.8. The molecule has 0 radical (unpaired) electrons. The molecule has 1 amide bonds. The number of rotatable bonds is 11. The van der Waals surface area contributed by atoms with E-state index < -0.39 is 29.2 Å². The van der Waals surface area contributed by atoms with Gasteiger partial charge in [0.2, 0.25) is 0 Å². The van der Waals surface area contributed by atoms with Crippen LogP contribution >= 0.6 is 35.3 Å². The standard InChI is InChI=1S/C25H30ClF3N2O3S2/c1-25(9-4-5-11-33-25)24(32)30-36-18-13-19(26)23(21(29)14-18)34-17(8-10-31(2)3)15-35-22-7-6-16(27)12-20(22)28/h6-7,12-14,17H,4-5,8-11,15H2,1-3H3,(H,30,32). The summed E-state index contributed by atoms with van der Waals surface area (Å²) in [5.41, 5.74) is -0.905. The minimum atomic E-state index is -0.905. The summed E-state index contributed by atoms with van der Waals surface area (Å²) in [6.45, 7) is 2.93. The fourth-order valence-corrected chi connectivity index (χ4v) is 5.60. The molecule has 2 aromatic rings. The van der Waals surface area contributed by atoms with E-state index in [0.717, 1.165) is 42.6 Å². The zero-order valence-corrected chi connectivity index (χ0v) is 22.8. The van der Waals surface area contributed by atoms with E-state index in [1.807, 2.05) is 19.0 Å². The van der Waals surface area contributed by atoms with Crippen LogP contribution < -0.4 is 9.46 Å². The largest absolute Gasteiger partial charge is 0.485 e. The van der Waals surface area contributed by atoms with Gasteiger partial charge in [0.25, 0.3) is 5.91 Å². The Labute approximate surface area is 223 Å². The van der Waals surface area contributed by atoms with Crippen LogP contribution in [-0.2, 0) is 9.53 Å². The molecule has 1 fully saturated rings. The third-order valence-corrected chi connectivity index (χ3v) is 7.90. The Hall–Kier alpha value is -1.59. The topological polar surface area (TPSA) is 50.8 Å². The SMILES string of the molecule is CN(C)CCC(CSc1ccc(F)cc1F)Oc1c(F)cc(SNC(=O)C2(C)CCCCO2)cc1Cl. The smallest absolute Gasteiger partial charge is 0.262 e. The lowest BCUT2D eigenvalue weighted by Gasteiger charge is -2.32. The molecule has 0 saturated carbocycles. The first-order valence-electron chi connectivity index (χ1n) is 11.6. The van der Waals surface area contributed by atoms with Gasteiger partial charge in [0, 0.05) is 34.8 Å². The minimum absolute atomic E-state index is 0.0553. The molecular formula is C25H30ClF3N2O3S2. The number of halogens is 4. The van der Waals surface area contributed by atoms with Crippen LogP contribution in [0.3, 0.4) is 0 Å². The molecule has 198 valence electrons. The highest BCUT2D eigenvalue weighted by Crippen LogP contribution is 2.35. The summed E-state index contributed by atoms with van der Waals surface area (Å²) >= 11 is 8.48. The first kappa shape index (κ1) is 29.0. The van der Waals surface area contributed by atoms with Crippen molar-refractivity contribution in [2.45, 2.75) is 54.1 Å². The maximum atomic E-state index is 15.0. The van der Waals surface area contributed by atoms with E-state index in [9.17, 15) is 13.6 Å². The predicted octanol–water partition coefficient (Wildman–Crippen LogP) is 6.33. The van der Waals surface area contributed by atoms with Crippen molar-refractivity contribution in [1.82, 2.24) is 9.62 Å². The number of carbonyl (C=O) groups excluding carboxylic acids is 1. The molecule has 0 bridgehead atoms. The van der Waals surface area contributed by atoms with Gasteiger partial charge in [-0.1, -0.05) is 11.6 Å². The second-order valence-corrected chi connectivity index (χ2v) is 11.4. The van der Waals surface area contributed by atoms with Gasteiger partial charge in [0.05, 0.1) is 5.02 Å². The molecule has 2 aromatic carbocycles. The molecule has 5 nitrogen and oxygen atoms in total. The lowest BCUT2D eigenvalue weighted by atomic mass is 9.95. The van der Waals surface area contributed by atoms with Gasteiger partial charge in [-0.15, -0.1) is 11.8 Å². The number of nitrogens with zero attached hydrogens (tertiary/aromatic N) is 1. The summed E-state index contributed by atoms with van der Waals surface area (Å²) in [6, 6.07) is 6.14. The molecule has 0 aliphatic carbocycles. The average molecular weight is 563 g/mol. The molecule has 1 N–H and O–H groups in total. The summed E-state index contributed by atoms with van der Waals surface area (Å²) in [7, 11) is 3.80. The highest BCUT2D eigenvalue weighted by Gasteiger charge is 2.36. The monoisotopic (exact) mass is 562 g/mol. The Morgan fingerprint density at radius 3 is 2.64 bits per heavy atom. The van der Waals surface area contributed by atoms with Crippen LogP contribution in [0, 0.1) is 17.5 Å². The number of ether oxygens (including phenoxy) is 2. The van der Waals surface area contributed by atoms with Crippen molar-refractivity contribution in [2.75, 3.05) is 33.0 Å². The van der Waals surface area contributed by atoms with Crippen molar-refractivity contribution in [2.24, 2.45) is 0 Å². The van der Waals surface area contributed by atoms with Gasteiger partial charge in [-0.25, -0.2) is 13.2 Å². The van der Waals surface area contributed by atoms with Gasteiger partial charge < -0.3 is 14.4 Å². The molecule has 1 aliphatic rings. The van der Waals surface area contributed by atoms with Crippen LogP contribution in [0.1, 0.15) is 32.6 Å². The molecule has 2 atom stereocenters. The zero-order chi connectivity index (χ0) is 26.3. The summed E-state index contributed by atoms with van der Waals surface area (Å²) in [5.74, 6) is -2.08. The number of carbonyl (C=O) groups is 1. The van der Waals surface area contributed by atoms with E-state index in [-0.39, 0.29) is 21.6 Å². The van der Waals surface area contributed by atoms with Gasteiger partial charge in [0.15, 0.2) is 11.6 Å². The van der Waals surface area contributed by atoms with Gasteiger partial charge in [-0.05, 0) is 82.9 Å². The number of hydrogen-bond acceptors (Lipinski definition) is 6.